The van der Waals surface area contributed by atoms with Gasteiger partial charge in [-0.05, 0) is 0 Å². The molecule has 2 unspecified atom stereocenters. The van der Waals surface area contributed by atoms with Gasteiger partial charge in [-0.15, -0.1) is 0 Å². The molecule has 1 aliphatic rings. The molecule has 108 valence electrons. The number of oxime groups is 1. The fourth-order valence-electron chi connectivity index (χ4n) is 2.09. The molecule has 0 N–H and O–H groups in total. The van der Waals surface area contributed by atoms with E-state index in [0.717, 1.165) is 5.56 Å². The van der Waals surface area contributed by atoms with Gasteiger partial charge in [0.05, 0.1) is 0 Å². The Morgan fingerprint density at radius 1 is 1.05 bits per heavy atom. The monoisotopic (exact) mass is 347 g/mol. The Hall–Kier alpha value is -1.77. The summed E-state index contributed by atoms with van der Waals surface area (Å²) in [6.45, 7) is 2.74. The second kappa shape index (κ2) is 6.79. The number of hydrogen-bond donors (Lipinski definition) is 0. The number of ether oxygens (including phenoxy) is 1. The molecular weight excluding hydrogens is 329 g/mol. The summed E-state index contributed by atoms with van der Waals surface area (Å²) in [5.41, 5.74) is 0.960. The number of benzene rings is 2. The van der Waals surface area contributed by atoms with Crippen molar-refractivity contribution in [3.05, 3.63) is 66.2 Å². The third kappa shape index (κ3) is 3.66. The van der Waals surface area contributed by atoms with Crippen molar-refractivity contribution < 1.29 is 9.57 Å². The van der Waals surface area contributed by atoms with Gasteiger partial charge in [-0.25, -0.2) is 0 Å². The van der Waals surface area contributed by atoms with Crippen LogP contribution in [-0.4, -0.2) is 33.6 Å². The topological polar surface area (TPSA) is 30.8 Å². The predicted octanol–water partition coefficient (Wildman–Crippen LogP) is 2.60. The molecule has 0 bridgehead atoms. The van der Waals surface area contributed by atoms with Gasteiger partial charge >= 0.3 is 131 Å². The van der Waals surface area contributed by atoms with Crippen LogP contribution < -0.4 is 4.46 Å². The second-order valence-corrected chi connectivity index (χ2v) is 7.89. The van der Waals surface area contributed by atoms with E-state index in [2.05, 4.69) is 36.3 Å². The molecule has 0 fully saturated rings. The Labute approximate surface area is 131 Å². The first-order chi connectivity index (χ1) is 10.3. The van der Waals surface area contributed by atoms with Crippen molar-refractivity contribution in [2.75, 3.05) is 6.61 Å². The van der Waals surface area contributed by atoms with E-state index in [1.807, 2.05) is 36.4 Å². The van der Waals surface area contributed by atoms with Gasteiger partial charge in [-0.3, -0.25) is 0 Å². The Morgan fingerprint density at radius 3 is 2.43 bits per heavy atom. The summed E-state index contributed by atoms with van der Waals surface area (Å²) in [5.74, 6) is 0.586. The van der Waals surface area contributed by atoms with Crippen molar-refractivity contribution in [1.82, 2.24) is 0 Å². The van der Waals surface area contributed by atoms with Gasteiger partial charge in [0, 0.05) is 0 Å². The van der Waals surface area contributed by atoms with E-state index in [1.165, 1.54) is 4.46 Å². The van der Waals surface area contributed by atoms with E-state index in [9.17, 15) is 0 Å². The summed E-state index contributed by atoms with van der Waals surface area (Å²) in [4.78, 5) is 5.81. The van der Waals surface area contributed by atoms with Crippen LogP contribution in [0.1, 0.15) is 12.5 Å². The normalized spacial score (nSPS) is 19.1. The van der Waals surface area contributed by atoms with Crippen LogP contribution in [0.5, 0.6) is 0 Å². The van der Waals surface area contributed by atoms with Crippen molar-refractivity contribution in [2.24, 2.45) is 5.16 Å². The van der Waals surface area contributed by atoms with Crippen LogP contribution in [0, 0.1) is 0 Å². The molecule has 1 heterocycles. The summed E-state index contributed by atoms with van der Waals surface area (Å²) in [5, 5.41) is 4.04. The maximum atomic E-state index is 6.05. The summed E-state index contributed by atoms with van der Waals surface area (Å²) in [6, 6.07) is 20.5. The standard InChI is InChI=1S/C17H17NO2Se/c1-13(21-15-10-6-3-7-11-15)16-12-19-18-17(20-16)14-8-4-2-5-9-14/h2-11,13,16H,12H2,1H3. The van der Waals surface area contributed by atoms with Crippen molar-refractivity contribution in [2.45, 2.75) is 17.8 Å². The van der Waals surface area contributed by atoms with Crippen LogP contribution in [0.3, 0.4) is 0 Å². The van der Waals surface area contributed by atoms with Gasteiger partial charge < -0.3 is 0 Å². The molecule has 0 saturated carbocycles. The molecule has 0 aromatic heterocycles. The van der Waals surface area contributed by atoms with E-state index in [4.69, 9.17) is 9.57 Å². The number of hydrogen-bond acceptors (Lipinski definition) is 3. The van der Waals surface area contributed by atoms with Crippen molar-refractivity contribution in [3.63, 3.8) is 0 Å². The van der Waals surface area contributed by atoms with Crippen LogP contribution >= 0.6 is 0 Å². The first-order valence-corrected chi connectivity index (χ1v) is 8.81. The predicted molar refractivity (Wildman–Crippen MR) is 85.1 cm³/mol. The molecule has 0 saturated heterocycles. The minimum absolute atomic E-state index is 0.0536. The first kappa shape index (κ1) is 14.2. The molecule has 0 radical (unpaired) electrons. The van der Waals surface area contributed by atoms with Crippen LogP contribution in [0.25, 0.3) is 0 Å². The van der Waals surface area contributed by atoms with Crippen LogP contribution in [-0.2, 0) is 9.57 Å². The van der Waals surface area contributed by atoms with Crippen LogP contribution in [0.4, 0.5) is 0 Å². The second-order valence-electron chi connectivity index (χ2n) is 4.85. The molecule has 0 aliphatic carbocycles. The molecular formula is C17H17NO2Se. The average molecular weight is 346 g/mol. The third-order valence-electron chi connectivity index (χ3n) is 3.26. The fraction of sp³-hybridized carbons (Fsp3) is 0.235. The van der Waals surface area contributed by atoms with E-state index in [-0.39, 0.29) is 6.10 Å². The SMILES string of the molecule is CC([Se]c1ccccc1)C1CON=C(c2ccccc2)O1. The van der Waals surface area contributed by atoms with E-state index in [1.54, 1.807) is 0 Å². The van der Waals surface area contributed by atoms with Gasteiger partial charge in [0.1, 0.15) is 0 Å². The Kier molecular flexibility index (Phi) is 4.58. The van der Waals surface area contributed by atoms with Gasteiger partial charge in [0.2, 0.25) is 0 Å². The quantitative estimate of drug-likeness (QED) is 0.797. The molecule has 2 aromatic rings. The summed E-state index contributed by atoms with van der Waals surface area (Å²) in [6.07, 6.45) is 0.0536. The maximum absolute atomic E-state index is 6.05. The molecule has 21 heavy (non-hydrogen) atoms. The van der Waals surface area contributed by atoms with Crippen molar-refractivity contribution in [3.8, 4) is 0 Å². The molecule has 3 nitrogen and oxygen atoms in total. The Bertz CT molecular complexity index is 601. The van der Waals surface area contributed by atoms with E-state index < -0.39 is 0 Å². The van der Waals surface area contributed by atoms with Gasteiger partial charge in [-0.1, -0.05) is 0 Å². The number of nitrogens with zero attached hydrogens (tertiary/aromatic N) is 1. The average Bonchev–Trinajstić information content (AvgIpc) is 2.57. The fourth-order valence-corrected chi connectivity index (χ4v) is 4.25. The molecule has 3 rings (SSSR count). The zero-order chi connectivity index (χ0) is 14.5. The zero-order valence-electron chi connectivity index (χ0n) is 11.8. The zero-order valence-corrected chi connectivity index (χ0v) is 13.5. The molecule has 0 spiro atoms. The summed E-state index contributed by atoms with van der Waals surface area (Å²) < 4.78 is 7.43. The molecule has 2 aromatic carbocycles. The molecule has 4 heteroatoms. The molecule has 0 amide bonds. The van der Waals surface area contributed by atoms with Crippen molar-refractivity contribution in [1.29, 1.82) is 0 Å². The molecule has 2 atom stereocenters. The van der Waals surface area contributed by atoms with Gasteiger partial charge in [0.25, 0.3) is 0 Å². The third-order valence-corrected chi connectivity index (χ3v) is 5.82. The summed E-state index contributed by atoms with van der Waals surface area (Å²) in [7, 11) is 0. The molecule has 1 aliphatic heterocycles. The van der Waals surface area contributed by atoms with E-state index >= 15 is 0 Å². The van der Waals surface area contributed by atoms with Crippen LogP contribution in [0.15, 0.2) is 65.8 Å². The Balaban J connectivity index is 1.66. The minimum atomic E-state index is 0.0536. The summed E-state index contributed by atoms with van der Waals surface area (Å²) >= 11 is 0.356. The van der Waals surface area contributed by atoms with Crippen LogP contribution in [0.2, 0.25) is 4.82 Å². The number of rotatable bonds is 4. The van der Waals surface area contributed by atoms with Gasteiger partial charge in [-0.2, -0.15) is 0 Å². The van der Waals surface area contributed by atoms with Gasteiger partial charge in [0.15, 0.2) is 0 Å². The Morgan fingerprint density at radius 2 is 1.71 bits per heavy atom. The van der Waals surface area contributed by atoms with E-state index in [0.29, 0.717) is 32.3 Å². The first-order valence-electron chi connectivity index (χ1n) is 6.96. The van der Waals surface area contributed by atoms with Crippen molar-refractivity contribution >= 4 is 25.3 Å².